The van der Waals surface area contributed by atoms with Crippen LogP contribution in [0.15, 0.2) is 12.3 Å². The van der Waals surface area contributed by atoms with E-state index in [1.54, 1.807) is 0 Å². The number of anilines is 1. The second-order valence-electron chi connectivity index (χ2n) is 5.37. The van der Waals surface area contributed by atoms with Crippen molar-refractivity contribution in [1.29, 1.82) is 0 Å². The van der Waals surface area contributed by atoms with Crippen LogP contribution in [0.3, 0.4) is 0 Å². The summed E-state index contributed by atoms with van der Waals surface area (Å²) in [6.45, 7) is 2.02. The van der Waals surface area contributed by atoms with E-state index < -0.39 is 0 Å². The van der Waals surface area contributed by atoms with E-state index in [4.69, 9.17) is 0 Å². The van der Waals surface area contributed by atoms with Crippen molar-refractivity contribution in [2.45, 2.75) is 50.7 Å². The predicted molar refractivity (Wildman–Crippen MR) is 68.1 cm³/mol. The van der Waals surface area contributed by atoms with Gasteiger partial charge in [-0.2, -0.15) is 0 Å². The second kappa shape index (κ2) is 4.26. The van der Waals surface area contributed by atoms with Crippen molar-refractivity contribution in [2.75, 3.05) is 11.9 Å². The zero-order valence-corrected chi connectivity index (χ0v) is 10.6. The Bertz CT molecular complexity index is 394. The summed E-state index contributed by atoms with van der Waals surface area (Å²) in [6, 6.07) is 3.97. The van der Waals surface area contributed by atoms with Gasteiger partial charge in [-0.3, -0.25) is 0 Å². The molecule has 1 N–H and O–H groups in total. The van der Waals surface area contributed by atoms with Crippen LogP contribution in [0.2, 0.25) is 0 Å². The fourth-order valence-electron chi connectivity index (χ4n) is 3.11. The number of piperidine rings is 1. The summed E-state index contributed by atoms with van der Waals surface area (Å²) in [5.74, 6) is 0.872. The number of nitrogens with one attached hydrogen (secondary N) is 1. The fourth-order valence-corrected chi connectivity index (χ4v) is 3.11. The van der Waals surface area contributed by atoms with E-state index in [1.807, 2.05) is 19.2 Å². The van der Waals surface area contributed by atoms with Gasteiger partial charge in [0.25, 0.3) is 0 Å². The highest BCUT2D eigenvalue weighted by Crippen LogP contribution is 2.30. The van der Waals surface area contributed by atoms with Gasteiger partial charge in [-0.25, -0.2) is 9.97 Å². The summed E-state index contributed by atoms with van der Waals surface area (Å²) in [5, 5.41) is 3.67. The Balaban J connectivity index is 1.76. The topological polar surface area (TPSA) is 41.1 Å². The Kier molecular flexibility index (Phi) is 2.74. The first kappa shape index (κ1) is 11.0. The van der Waals surface area contributed by atoms with Crippen molar-refractivity contribution in [3.63, 3.8) is 0 Å². The van der Waals surface area contributed by atoms with Crippen LogP contribution in [0, 0.1) is 6.92 Å². The monoisotopic (exact) mass is 232 g/mol. The van der Waals surface area contributed by atoms with Gasteiger partial charge >= 0.3 is 0 Å². The number of aromatic nitrogens is 2. The highest BCUT2D eigenvalue weighted by Gasteiger charge is 2.35. The molecule has 2 aliphatic rings. The molecule has 3 rings (SSSR count). The Hall–Kier alpha value is -1.16. The van der Waals surface area contributed by atoms with Crippen molar-refractivity contribution >= 4 is 5.95 Å². The van der Waals surface area contributed by atoms with Gasteiger partial charge in [-0.05, 0) is 38.7 Å². The molecular weight excluding hydrogens is 212 g/mol. The highest BCUT2D eigenvalue weighted by molar-refractivity contribution is 5.31. The summed E-state index contributed by atoms with van der Waals surface area (Å²) in [5.41, 5.74) is 1.04. The molecule has 3 heterocycles. The number of fused-ring (bicyclic) bond motifs is 2. The highest BCUT2D eigenvalue weighted by atomic mass is 15.3. The SMILES string of the molecule is Cc1ccnc(N(C)C2CC3CCC(C2)N3)n1. The van der Waals surface area contributed by atoms with E-state index in [-0.39, 0.29) is 0 Å². The molecule has 2 aliphatic heterocycles. The molecule has 17 heavy (non-hydrogen) atoms. The van der Waals surface area contributed by atoms with Gasteiger partial charge in [0, 0.05) is 37.1 Å². The first-order valence-electron chi connectivity index (χ1n) is 6.51. The van der Waals surface area contributed by atoms with Gasteiger partial charge in [0.1, 0.15) is 0 Å². The molecule has 92 valence electrons. The smallest absolute Gasteiger partial charge is 0.225 e. The second-order valence-corrected chi connectivity index (χ2v) is 5.37. The first-order valence-corrected chi connectivity index (χ1v) is 6.51. The van der Waals surface area contributed by atoms with E-state index in [9.17, 15) is 0 Å². The van der Waals surface area contributed by atoms with E-state index in [2.05, 4.69) is 27.2 Å². The minimum absolute atomic E-state index is 0.593. The van der Waals surface area contributed by atoms with Crippen LogP contribution in [0.5, 0.6) is 0 Å². The lowest BCUT2D eigenvalue weighted by molar-refractivity contribution is 0.352. The Labute approximate surface area is 102 Å². The van der Waals surface area contributed by atoms with E-state index in [0.29, 0.717) is 18.1 Å². The Morgan fingerprint density at radius 2 is 2.00 bits per heavy atom. The van der Waals surface area contributed by atoms with Crippen LogP contribution < -0.4 is 10.2 Å². The standard InChI is InChI=1S/C13H20N4/c1-9-5-6-14-13(15-9)17(2)12-7-10-3-4-11(8-12)16-10/h5-6,10-12,16H,3-4,7-8H2,1-2H3. The minimum Gasteiger partial charge on any atom is -0.341 e. The zero-order valence-electron chi connectivity index (χ0n) is 10.6. The average molecular weight is 232 g/mol. The minimum atomic E-state index is 0.593. The lowest BCUT2D eigenvalue weighted by Gasteiger charge is -2.35. The summed E-state index contributed by atoms with van der Waals surface area (Å²) >= 11 is 0. The van der Waals surface area contributed by atoms with Crippen LogP contribution in [0.1, 0.15) is 31.4 Å². The van der Waals surface area contributed by atoms with Crippen LogP contribution in [-0.4, -0.2) is 35.1 Å². The summed E-state index contributed by atoms with van der Waals surface area (Å²) < 4.78 is 0. The van der Waals surface area contributed by atoms with Crippen molar-refractivity contribution in [2.24, 2.45) is 0 Å². The summed E-state index contributed by atoms with van der Waals surface area (Å²) in [7, 11) is 2.13. The maximum atomic E-state index is 4.51. The molecule has 2 bridgehead atoms. The quantitative estimate of drug-likeness (QED) is 0.839. The lowest BCUT2D eigenvalue weighted by atomic mass is 9.99. The molecule has 0 amide bonds. The van der Waals surface area contributed by atoms with Gasteiger partial charge in [-0.15, -0.1) is 0 Å². The molecule has 2 unspecified atom stereocenters. The van der Waals surface area contributed by atoms with Gasteiger partial charge in [0.05, 0.1) is 0 Å². The number of hydrogen-bond donors (Lipinski definition) is 1. The Morgan fingerprint density at radius 1 is 1.29 bits per heavy atom. The first-order chi connectivity index (χ1) is 8.22. The zero-order chi connectivity index (χ0) is 11.8. The molecule has 0 saturated carbocycles. The summed E-state index contributed by atoms with van der Waals surface area (Å²) in [4.78, 5) is 11.2. The largest absolute Gasteiger partial charge is 0.341 e. The van der Waals surface area contributed by atoms with Crippen molar-refractivity contribution < 1.29 is 0 Å². The molecule has 1 aromatic rings. The van der Waals surface area contributed by atoms with E-state index in [0.717, 1.165) is 11.6 Å². The molecule has 0 radical (unpaired) electrons. The third-order valence-corrected chi connectivity index (χ3v) is 4.09. The number of aryl methyl sites for hydroxylation is 1. The molecule has 0 aromatic carbocycles. The maximum absolute atomic E-state index is 4.51. The molecule has 1 aromatic heterocycles. The number of hydrogen-bond acceptors (Lipinski definition) is 4. The molecular formula is C13H20N4. The molecule has 0 aliphatic carbocycles. The van der Waals surface area contributed by atoms with Crippen molar-refractivity contribution in [3.05, 3.63) is 18.0 Å². The fraction of sp³-hybridized carbons (Fsp3) is 0.692. The van der Waals surface area contributed by atoms with Crippen LogP contribution in [0.4, 0.5) is 5.95 Å². The molecule has 4 heteroatoms. The molecule has 2 fully saturated rings. The molecule has 0 spiro atoms. The normalized spacial score (nSPS) is 31.5. The maximum Gasteiger partial charge on any atom is 0.225 e. The van der Waals surface area contributed by atoms with E-state index >= 15 is 0 Å². The predicted octanol–water partition coefficient (Wildman–Crippen LogP) is 1.50. The average Bonchev–Trinajstić information content (AvgIpc) is 2.67. The number of rotatable bonds is 2. The van der Waals surface area contributed by atoms with Crippen LogP contribution in [-0.2, 0) is 0 Å². The summed E-state index contributed by atoms with van der Waals surface area (Å²) in [6.07, 6.45) is 6.98. The van der Waals surface area contributed by atoms with Crippen molar-refractivity contribution in [1.82, 2.24) is 15.3 Å². The third kappa shape index (κ3) is 2.14. The lowest BCUT2D eigenvalue weighted by Crippen LogP contribution is -2.47. The van der Waals surface area contributed by atoms with Gasteiger partial charge in [0.15, 0.2) is 0 Å². The van der Waals surface area contributed by atoms with Gasteiger partial charge < -0.3 is 10.2 Å². The molecule has 4 nitrogen and oxygen atoms in total. The van der Waals surface area contributed by atoms with Crippen LogP contribution in [0.25, 0.3) is 0 Å². The van der Waals surface area contributed by atoms with E-state index in [1.165, 1.54) is 25.7 Å². The third-order valence-electron chi connectivity index (χ3n) is 4.09. The Morgan fingerprint density at radius 3 is 2.65 bits per heavy atom. The molecule has 2 saturated heterocycles. The molecule has 2 atom stereocenters. The van der Waals surface area contributed by atoms with Crippen LogP contribution >= 0.6 is 0 Å². The van der Waals surface area contributed by atoms with Crippen molar-refractivity contribution in [3.8, 4) is 0 Å². The van der Waals surface area contributed by atoms with Gasteiger partial charge in [0.2, 0.25) is 5.95 Å². The number of nitrogens with zero attached hydrogens (tertiary/aromatic N) is 3. The van der Waals surface area contributed by atoms with Gasteiger partial charge in [-0.1, -0.05) is 0 Å².